The second kappa shape index (κ2) is 6.83. The van der Waals surface area contributed by atoms with E-state index in [9.17, 15) is 5.11 Å². The first-order valence-electron chi connectivity index (χ1n) is 9.36. The SMILES string of the molecule is OCc1cc2nccc(-c3cc(Cl)cc4c3C3(CCC4)CNCCO3)c2s1. The van der Waals surface area contributed by atoms with Crippen molar-refractivity contribution in [3.05, 3.63) is 51.5 Å². The van der Waals surface area contributed by atoms with E-state index in [0.717, 1.165) is 70.2 Å². The zero-order valence-corrected chi connectivity index (χ0v) is 16.5. The van der Waals surface area contributed by atoms with E-state index in [0.29, 0.717) is 0 Å². The molecule has 1 atom stereocenters. The second-order valence-corrected chi connectivity index (χ2v) is 8.88. The molecule has 3 aromatic rings. The molecular formula is C21H21ClN2O2S. The lowest BCUT2D eigenvalue weighted by Gasteiger charge is -2.43. The van der Waals surface area contributed by atoms with Gasteiger partial charge in [-0.05, 0) is 60.2 Å². The summed E-state index contributed by atoms with van der Waals surface area (Å²) in [4.78, 5) is 5.42. The van der Waals surface area contributed by atoms with Crippen LogP contribution in [0.5, 0.6) is 0 Å². The molecule has 0 bridgehead atoms. The van der Waals surface area contributed by atoms with Gasteiger partial charge in [0.2, 0.25) is 0 Å². The Balaban J connectivity index is 1.79. The van der Waals surface area contributed by atoms with Gasteiger partial charge >= 0.3 is 0 Å². The van der Waals surface area contributed by atoms with Gasteiger partial charge in [-0.25, -0.2) is 0 Å². The lowest BCUT2D eigenvalue weighted by molar-refractivity contribution is -0.0815. The summed E-state index contributed by atoms with van der Waals surface area (Å²) in [7, 11) is 0. The van der Waals surface area contributed by atoms with Gasteiger partial charge in [0.1, 0.15) is 5.60 Å². The average molecular weight is 401 g/mol. The molecule has 0 radical (unpaired) electrons. The average Bonchev–Trinajstić information content (AvgIpc) is 3.11. The molecule has 2 N–H and O–H groups in total. The minimum absolute atomic E-state index is 0.0328. The Labute approximate surface area is 167 Å². The maximum atomic E-state index is 9.57. The van der Waals surface area contributed by atoms with Crippen LogP contribution < -0.4 is 5.32 Å². The van der Waals surface area contributed by atoms with E-state index in [4.69, 9.17) is 16.3 Å². The molecule has 27 heavy (non-hydrogen) atoms. The molecule has 0 saturated carbocycles. The van der Waals surface area contributed by atoms with Crippen molar-refractivity contribution in [3.63, 3.8) is 0 Å². The second-order valence-electron chi connectivity index (χ2n) is 7.30. The zero-order chi connectivity index (χ0) is 18.4. The highest BCUT2D eigenvalue weighted by molar-refractivity contribution is 7.19. The molecule has 1 saturated heterocycles. The first-order chi connectivity index (χ1) is 13.2. The molecule has 2 aliphatic rings. The van der Waals surface area contributed by atoms with Gasteiger partial charge in [0.05, 0.1) is 23.4 Å². The van der Waals surface area contributed by atoms with E-state index >= 15 is 0 Å². The molecule has 2 aromatic heterocycles. The van der Waals surface area contributed by atoms with Crippen molar-refractivity contribution in [1.29, 1.82) is 0 Å². The standard InChI is InChI=1S/C21H21ClN2O2S/c22-14-8-13-2-1-4-21(12-23-6-7-26-21)19(13)17(9-14)16-3-5-24-18-10-15(11-25)27-20(16)18/h3,5,8-10,23,25H,1-2,4,6-7,11-12H2. The topological polar surface area (TPSA) is 54.4 Å². The van der Waals surface area contributed by atoms with Gasteiger partial charge in [0, 0.05) is 34.7 Å². The van der Waals surface area contributed by atoms with Crippen molar-refractivity contribution >= 4 is 33.2 Å². The van der Waals surface area contributed by atoms with E-state index < -0.39 is 0 Å². The number of nitrogens with zero attached hydrogens (tertiary/aromatic N) is 1. The summed E-state index contributed by atoms with van der Waals surface area (Å²) in [6, 6.07) is 8.20. The molecule has 1 aliphatic carbocycles. The normalized spacial score (nSPS) is 22.3. The molecule has 0 amide bonds. The number of thiophene rings is 1. The van der Waals surface area contributed by atoms with Crippen LogP contribution in [0.4, 0.5) is 0 Å². The van der Waals surface area contributed by atoms with Crippen LogP contribution in [-0.4, -0.2) is 29.8 Å². The Kier molecular flexibility index (Phi) is 4.45. The first kappa shape index (κ1) is 17.6. The predicted octanol–water partition coefficient (Wildman–Crippen LogP) is 4.26. The van der Waals surface area contributed by atoms with Crippen molar-refractivity contribution in [3.8, 4) is 11.1 Å². The Morgan fingerprint density at radius 1 is 1.30 bits per heavy atom. The van der Waals surface area contributed by atoms with Crippen LogP contribution in [0, 0.1) is 0 Å². The maximum absolute atomic E-state index is 9.57. The molecular weight excluding hydrogens is 380 g/mol. The van der Waals surface area contributed by atoms with E-state index in [2.05, 4.69) is 28.5 Å². The van der Waals surface area contributed by atoms with Crippen molar-refractivity contribution in [2.24, 2.45) is 0 Å². The Bertz CT molecular complexity index is 1010. The van der Waals surface area contributed by atoms with Crippen LogP contribution >= 0.6 is 22.9 Å². The van der Waals surface area contributed by atoms with Crippen molar-refractivity contribution < 1.29 is 9.84 Å². The Morgan fingerprint density at radius 2 is 2.22 bits per heavy atom. The summed E-state index contributed by atoms with van der Waals surface area (Å²) in [5.41, 5.74) is 5.45. The van der Waals surface area contributed by atoms with Crippen molar-refractivity contribution in [2.75, 3.05) is 19.7 Å². The number of aryl methyl sites for hydroxylation is 1. The molecule has 140 valence electrons. The van der Waals surface area contributed by atoms with Gasteiger partial charge in [-0.1, -0.05) is 11.6 Å². The zero-order valence-electron chi connectivity index (χ0n) is 14.9. The van der Waals surface area contributed by atoms with Crippen molar-refractivity contribution in [1.82, 2.24) is 10.3 Å². The molecule has 1 spiro atoms. The molecule has 1 fully saturated rings. The van der Waals surface area contributed by atoms with Crippen LogP contribution in [0.15, 0.2) is 30.5 Å². The van der Waals surface area contributed by atoms with Gasteiger partial charge in [-0.15, -0.1) is 11.3 Å². The number of fused-ring (bicyclic) bond motifs is 3. The molecule has 1 aliphatic heterocycles. The number of aliphatic hydroxyl groups is 1. The molecule has 3 heterocycles. The molecule has 6 heteroatoms. The maximum Gasteiger partial charge on any atom is 0.106 e. The minimum atomic E-state index is -0.293. The quantitative estimate of drug-likeness (QED) is 0.674. The van der Waals surface area contributed by atoms with Gasteiger partial charge in [-0.3, -0.25) is 4.98 Å². The number of benzene rings is 1. The van der Waals surface area contributed by atoms with Gasteiger partial charge in [0.25, 0.3) is 0 Å². The lowest BCUT2D eigenvalue weighted by Crippen LogP contribution is -2.49. The summed E-state index contributed by atoms with van der Waals surface area (Å²) in [5, 5.41) is 13.9. The number of ether oxygens (including phenoxy) is 1. The molecule has 1 unspecified atom stereocenters. The lowest BCUT2D eigenvalue weighted by atomic mass is 9.74. The van der Waals surface area contributed by atoms with E-state index in [1.165, 1.54) is 11.1 Å². The van der Waals surface area contributed by atoms with Crippen LogP contribution in [0.25, 0.3) is 21.3 Å². The largest absolute Gasteiger partial charge is 0.391 e. The number of nitrogens with one attached hydrogen (secondary N) is 1. The van der Waals surface area contributed by atoms with Crippen LogP contribution in [0.2, 0.25) is 5.02 Å². The van der Waals surface area contributed by atoms with Gasteiger partial charge in [-0.2, -0.15) is 0 Å². The fraction of sp³-hybridized carbons (Fsp3) is 0.381. The highest BCUT2D eigenvalue weighted by atomic mass is 35.5. The first-order valence-corrected chi connectivity index (χ1v) is 10.6. The van der Waals surface area contributed by atoms with Gasteiger partial charge < -0.3 is 15.2 Å². The number of aromatic nitrogens is 1. The fourth-order valence-electron chi connectivity index (χ4n) is 4.56. The molecule has 1 aromatic carbocycles. The number of hydrogen-bond donors (Lipinski definition) is 2. The van der Waals surface area contributed by atoms with Gasteiger partial charge in [0.15, 0.2) is 0 Å². The van der Waals surface area contributed by atoms with Crippen LogP contribution in [0.1, 0.15) is 28.8 Å². The highest BCUT2D eigenvalue weighted by Crippen LogP contribution is 2.47. The van der Waals surface area contributed by atoms with Crippen molar-refractivity contribution in [2.45, 2.75) is 31.5 Å². The summed E-state index contributed by atoms with van der Waals surface area (Å²) >= 11 is 8.13. The van der Waals surface area contributed by atoms with E-state index in [1.54, 1.807) is 11.3 Å². The monoisotopic (exact) mass is 400 g/mol. The highest BCUT2D eigenvalue weighted by Gasteiger charge is 2.41. The smallest absolute Gasteiger partial charge is 0.106 e. The summed E-state index contributed by atoms with van der Waals surface area (Å²) in [6.07, 6.45) is 4.99. The number of halogens is 1. The third kappa shape index (κ3) is 2.89. The summed E-state index contributed by atoms with van der Waals surface area (Å²) in [6.45, 7) is 2.48. The predicted molar refractivity (Wildman–Crippen MR) is 109 cm³/mol. The van der Waals surface area contributed by atoms with Crippen LogP contribution in [-0.2, 0) is 23.4 Å². The number of aliphatic hydroxyl groups excluding tert-OH is 1. The number of rotatable bonds is 2. The van der Waals surface area contributed by atoms with Crippen LogP contribution in [0.3, 0.4) is 0 Å². The number of pyridine rings is 1. The summed E-state index contributed by atoms with van der Waals surface area (Å²) < 4.78 is 7.51. The minimum Gasteiger partial charge on any atom is -0.391 e. The third-order valence-electron chi connectivity index (χ3n) is 5.64. The fourth-order valence-corrected chi connectivity index (χ4v) is 5.80. The van der Waals surface area contributed by atoms with E-state index in [-0.39, 0.29) is 12.2 Å². The number of morpholine rings is 1. The Morgan fingerprint density at radius 3 is 3.04 bits per heavy atom. The molecule has 5 rings (SSSR count). The molecule has 4 nitrogen and oxygen atoms in total. The number of hydrogen-bond acceptors (Lipinski definition) is 5. The van der Waals surface area contributed by atoms with E-state index in [1.807, 2.05) is 12.3 Å². The third-order valence-corrected chi connectivity index (χ3v) is 7.00. The Hall–Kier alpha value is -1.50. The summed E-state index contributed by atoms with van der Waals surface area (Å²) in [5.74, 6) is 0.